The lowest BCUT2D eigenvalue weighted by atomic mass is 10.1. The van der Waals surface area contributed by atoms with Crippen LogP contribution in [-0.4, -0.2) is 45.9 Å². The Morgan fingerprint density at radius 2 is 1.96 bits per heavy atom. The Balaban J connectivity index is 1.40. The lowest BCUT2D eigenvalue weighted by Crippen LogP contribution is -2.37. The average Bonchev–Trinajstić information content (AvgIpc) is 3.55. The second kappa shape index (κ2) is 15.5. The second-order valence-electron chi connectivity index (χ2n) is 10.9. The zero-order chi connectivity index (χ0) is 37.0. The lowest BCUT2D eigenvalue weighted by molar-refractivity contribution is -0.160. The predicted octanol–water partition coefficient (Wildman–Crippen LogP) is 8.97. The molecule has 0 saturated heterocycles. The van der Waals surface area contributed by atoms with Gasteiger partial charge in [0.1, 0.15) is 47.4 Å². The van der Waals surface area contributed by atoms with Crippen molar-refractivity contribution in [3.63, 3.8) is 0 Å². The van der Waals surface area contributed by atoms with Gasteiger partial charge in [0.05, 0.1) is 29.6 Å². The molecule has 1 amide bonds. The number of furan rings is 1. The van der Waals surface area contributed by atoms with E-state index in [0.29, 0.717) is 61.2 Å². The van der Waals surface area contributed by atoms with Gasteiger partial charge in [0.15, 0.2) is 0 Å². The maximum Gasteiger partial charge on any atom is 0.410 e. The van der Waals surface area contributed by atoms with Gasteiger partial charge in [-0.25, -0.2) is 24.0 Å². The van der Waals surface area contributed by atoms with Gasteiger partial charge >= 0.3 is 6.09 Å². The fourth-order valence-corrected chi connectivity index (χ4v) is 4.77. The number of ether oxygens (including phenoxy) is 2. The van der Waals surface area contributed by atoms with E-state index >= 15 is 0 Å². The summed E-state index contributed by atoms with van der Waals surface area (Å²) in [4.78, 5) is 26.9. The van der Waals surface area contributed by atoms with E-state index in [-0.39, 0.29) is 23.9 Å². The van der Waals surface area contributed by atoms with Crippen molar-refractivity contribution < 1.29 is 37.8 Å². The number of benzene rings is 3. The Kier molecular flexibility index (Phi) is 9.50. The molecule has 0 aliphatic carbocycles. The number of hydrogen-bond donors (Lipinski definition) is 1. The smallest absolute Gasteiger partial charge is 0.410 e. The highest BCUT2D eigenvalue weighted by molar-refractivity contribution is 7.94. The molecule has 2 aromatic heterocycles. The number of halogens is 2. The number of rotatable bonds is 13. The Labute approximate surface area is 286 Å². The van der Waals surface area contributed by atoms with Crippen molar-refractivity contribution in [2.24, 2.45) is 0 Å². The van der Waals surface area contributed by atoms with Gasteiger partial charge in [-0.2, -0.15) is 4.33 Å². The average molecular weight is 685 g/mol. The molecule has 0 fully saturated rings. The molecule has 0 spiro atoms. The van der Waals surface area contributed by atoms with Crippen molar-refractivity contribution >= 4 is 52.1 Å². The number of nitrogens with zero attached hydrogens (tertiary/aromatic N) is 3. The summed E-state index contributed by atoms with van der Waals surface area (Å²) in [5, 5.41) is 4.16. The number of nitrogens with one attached hydrogen (secondary N) is 1. The van der Waals surface area contributed by atoms with Crippen LogP contribution in [0.15, 0.2) is 83.5 Å². The maximum atomic E-state index is 13.5. The predicted molar refractivity (Wildman–Crippen MR) is 180 cm³/mol. The van der Waals surface area contributed by atoms with Crippen LogP contribution < -0.4 is 10.1 Å². The standard InChI is InChI=1S/C34H34ClFN4O6S/c1-34(2,3)45-33(41)40(14-15-47-46-42-4)19-26-10-13-30(44-26)23-8-11-29-27(17-23)32(38-21-37-29)39-25-9-12-31(28(35)18-25)43-20-22-6-5-7-24(36)16-22/h5-13,16-18,21H,14-15,19-20H2,1-4H3,(H,37,38,39)/i14D2,19D2. The van der Waals surface area contributed by atoms with Gasteiger partial charge in [0.25, 0.3) is 0 Å². The molecule has 10 nitrogen and oxygen atoms in total. The minimum atomic E-state index is -2.81. The molecule has 1 N–H and O–H groups in total. The van der Waals surface area contributed by atoms with E-state index < -0.39 is 30.4 Å². The van der Waals surface area contributed by atoms with Crippen LogP contribution in [0.3, 0.4) is 0 Å². The maximum absolute atomic E-state index is 13.5. The molecule has 0 aliphatic rings. The minimum absolute atomic E-state index is 0.133. The summed E-state index contributed by atoms with van der Waals surface area (Å²) in [6.45, 7) is -0.528. The molecule has 5 rings (SSSR count). The van der Waals surface area contributed by atoms with Crippen molar-refractivity contribution in [2.75, 3.05) is 24.7 Å². The number of fused-ring (bicyclic) bond motifs is 1. The summed E-state index contributed by atoms with van der Waals surface area (Å²) in [6.07, 6.45) is 0.162. The van der Waals surface area contributed by atoms with Gasteiger partial charge in [-0.05, 0) is 87.0 Å². The summed E-state index contributed by atoms with van der Waals surface area (Å²) >= 11 is 7.06. The first-order chi connectivity index (χ1) is 24.1. The van der Waals surface area contributed by atoms with Crippen molar-refractivity contribution in [1.82, 2.24) is 14.9 Å². The Morgan fingerprint density at radius 3 is 2.72 bits per heavy atom. The monoisotopic (exact) mass is 684 g/mol. The molecule has 0 saturated carbocycles. The second-order valence-corrected chi connectivity index (χ2v) is 12.0. The number of aromatic nitrogens is 2. The van der Waals surface area contributed by atoms with Crippen molar-refractivity contribution in [3.05, 3.63) is 101 Å². The zero-order valence-corrected chi connectivity index (χ0v) is 27.4. The van der Waals surface area contributed by atoms with Gasteiger partial charge in [-0.3, -0.25) is 4.90 Å². The highest BCUT2D eigenvalue weighted by atomic mass is 35.5. The van der Waals surface area contributed by atoms with E-state index in [1.165, 1.54) is 37.7 Å². The quantitative estimate of drug-likeness (QED) is 0.0559. The molecule has 2 heterocycles. The van der Waals surface area contributed by atoms with Gasteiger partial charge in [-0.1, -0.05) is 23.7 Å². The molecule has 0 atom stereocenters. The van der Waals surface area contributed by atoms with Gasteiger partial charge in [-0.15, -0.1) is 0 Å². The Bertz CT molecular complexity index is 2020. The van der Waals surface area contributed by atoms with Crippen molar-refractivity contribution in [1.29, 1.82) is 0 Å². The van der Waals surface area contributed by atoms with Crippen LogP contribution in [0.1, 0.15) is 37.6 Å². The van der Waals surface area contributed by atoms with Crippen LogP contribution in [0.4, 0.5) is 20.7 Å². The number of anilines is 2. The molecule has 0 aliphatic heterocycles. The van der Waals surface area contributed by atoms with E-state index in [2.05, 4.69) is 20.2 Å². The fraction of sp³-hybridized carbons (Fsp3) is 0.265. The van der Waals surface area contributed by atoms with Gasteiger partial charge in [0.2, 0.25) is 0 Å². The molecular weight excluding hydrogens is 647 g/mol. The highest BCUT2D eigenvalue weighted by Crippen LogP contribution is 2.33. The summed E-state index contributed by atoms with van der Waals surface area (Å²) < 4.78 is 70.3. The van der Waals surface area contributed by atoms with E-state index in [0.717, 1.165) is 0 Å². The zero-order valence-electron chi connectivity index (χ0n) is 29.9. The summed E-state index contributed by atoms with van der Waals surface area (Å²) in [5.74, 6) is -0.131. The molecule has 0 radical (unpaired) electrons. The van der Waals surface area contributed by atoms with Crippen LogP contribution in [0.2, 0.25) is 5.02 Å². The van der Waals surface area contributed by atoms with E-state index in [1.807, 2.05) is 0 Å². The first kappa shape index (κ1) is 28.8. The third-order valence-corrected chi connectivity index (χ3v) is 6.97. The molecule has 13 heteroatoms. The highest BCUT2D eigenvalue weighted by Gasteiger charge is 2.23. The number of hydrogen-bond acceptors (Lipinski definition) is 10. The third kappa shape index (κ3) is 9.58. The number of carbonyl (C=O) groups is 1. The van der Waals surface area contributed by atoms with Crippen LogP contribution in [0.25, 0.3) is 22.2 Å². The fourth-order valence-electron chi connectivity index (χ4n) is 4.21. The molecule has 246 valence electrons. The molecule has 3 aromatic carbocycles. The summed E-state index contributed by atoms with van der Waals surface area (Å²) in [6, 6.07) is 19.2. The number of amides is 1. The molecule has 5 aromatic rings. The van der Waals surface area contributed by atoms with E-state index in [4.69, 9.17) is 35.3 Å². The van der Waals surface area contributed by atoms with Crippen molar-refractivity contribution in [3.8, 4) is 17.1 Å². The third-order valence-electron chi connectivity index (χ3n) is 6.20. The first-order valence-electron chi connectivity index (χ1n) is 16.2. The lowest BCUT2D eigenvalue weighted by Gasteiger charge is -2.26. The SMILES string of the molecule is [2H]C([2H])(CSOOC)N(C(=O)OC(C)(C)C)C([2H])([2H])c1ccc(-c2ccc3ncnc(Nc4ccc(OCc5cccc(F)c5)c(Cl)c4)c3c2)o1. The normalized spacial score (nSPS) is 13.3. The minimum Gasteiger partial charge on any atom is -0.487 e. The van der Waals surface area contributed by atoms with Crippen LogP contribution in [-0.2, 0) is 27.1 Å². The molecule has 47 heavy (non-hydrogen) atoms. The van der Waals surface area contributed by atoms with Crippen LogP contribution >= 0.6 is 23.6 Å². The van der Waals surface area contributed by atoms with Gasteiger partial charge < -0.3 is 19.2 Å². The molecular formula is C34H34ClFN4O6S. The summed E-state index contributed by atoms with van der Waals surface area (Å²) in [5.41, 5.74) is 1.33. The van der Waals surface area contributed by atoms with Crippen molar-refractivity contribution in [2.45, 2.75) is 39.5 Å². The topological polar surface area (TPSA) is 108 Å². The largest absolute Gasteiger partial charge is 0.487 e. The molecule has 0 unspecified atom stereocenters. The van der Waals surface area contributed by atoms with Crippen LogP contribution in [0.5, 0.6) is 5.75 Å². The first-order valence-corrected chi connectivity index (χ1v) is 15.5. The molecule has 0 bridgehead atoms. The summed E-state index contributed by atoms with van der Waals surface area (Å²) in [7, 11) is 1.23. The number of carbonyl (C=O) groups excluding carboxylic acids is 1. The van der Waals surface area contributed by atoms with E-state index in [1.54, 1.807) is 69.3 Å². The van der Waals surface area contributed by atoms with E-state index in [9.17, 15) is 9.18 Å². The van der Waals surface area contributed by atoms with Gasteiger partial charge in [0, 0.05) is 40.9 Å². The Hall–Kier alpha value is -4.36. The van der Waals surface area contributed by atoms with Crippen LogP contribution in [0, 0.1) is 5.82 Å². The Morgan fingerprint density at radius 1 is 1.11 bits per heavy atom.